The Balaban J connectivity index is -0.000000149. The molecule has 0 bridgehead atoms. The van der Waals surface area contributed by atoms with Crippen molar-refractivity contribution in [2.24, 2.45) is 5.92 Å². The van der Waals surface area contributed by atoms with Gasteiger partial charge in [-0.3, -0.25) is 9.09 Å². The minimum absolute atomic E-state index is 0. The van der Waals surface area contributed by atoms with Crippen LogP contribution in [0.2, 0.25) is 0 Å². The Bertz CT molecular complexity index is 36.2. The molecule has 0 nitrogen and oxygen atoms in total. The Morgan fingerprint density at radius 1 is 1.20 bits per heavy atom. The second kappa shape index (κ2) is 15.9. The standard InChI is InChI=1S/C6H13F.C2H6.FH/c1-6(2)4-3-5-7;1-2;/h6H,3-5H2,1-2H3;1-2H3;1H. The fourth-order valence-electron chi connectivity index (χ4n) is 0.485. The van der Waals surface area contributed by atoms with Crippen LogP contribution in [0.4, 0.5) is 9.09 Å². The van der Waals surface area contributed by atoms with E-state index in [1.54, 1.807) is 0 Å². The molecule has 0 aliphatic rings. The topological polar surface area (TPSA) is 0 Å². The van der Waals surface area contributed by atoms with Gasteiger partial charge in [-0.1, -0.05) is 27.7 Å². The van der Waals surface area contributed by atoms with Gasteiger partial charge in [0.1, 0.15) is 0 Å². The third-order valence-electron chi connectivity index (χ3n) is 0.915. The lowest BCUT2D eigenvalue weighted by atomic mass is 10.1. The third kappa shape index (κ3) is 24.8. The molecule has 0 aromatic carbocycles. The van der Waals surface area contributed by atoms with E-state index in [4.69, 9.17) is 0 Å². The number of hydrogen-bond acceptors (Lipinski definition) is 0. The summed E-state index contributed by atoms with van der Waals surface area (Å²) in [5, 5.41) is 0. The molecule has 0 fully saturated rings. The van der Waals surface area contributed by atoms with Gasteiger partial charge < -0.3 is 0 Å². The molecule has 0 unspecified atom stereocenters. The monoisotopic (exact) mass is 154 g/mol. The van der Waals surface area contributed by atoms with Gasteiger partial charge >= 0.3 is 0 Å². The SMILES string of the molecule is CC.CC(C)CCCF.F. The average Bonchev–Trinajstić information content (AvgIpc) is 1.88. The largest absolute Gasteiger partial charge is 0.269 e. The molecule has 0 heterocycles. The first-order valence-electron chi connectivity index (χ1n) is 3.83. The number of rotatable bonds is 3. The van der Waals surface area contributed by atoms with Crippen molar-refractivity contribution in [3.8, 4) is 0 Å². The molecular weight excluding hydrogens is 134 g/mol. The van der Waals surface area contributed by atoms with Crippen LogP contribution in [0.1, 0.15) is 40.5 Å². The van der Waals surface area contributed by atoms with Crippen molar-refractivity contribution >= 4 is 0 Å². The van der Waals surface area contributed by atoms with Gasteiger partial charge in [-0.25, -0.2) is 0 Å². The van der Waals surface area contributed by atoms with Crippen LogP contribution in [0.25, 0.3) is 0 Å². The van der Waals surface area contributed by atoms with Crippen LogP contribution in [0.15, 0.2) is 0 Å². The summed E-state index contributed by atoms with van der Waals surface area (Å²) in [6, 6.07) is 0. The molecule has 0 aromatic heterocycles. The molecule has 0 amide bonds. The second-order valence-electron chi connectivity index (χ2n) is 2.23. The van der Waals surface area contributed by atoms with Crippen LogP contribution in [-0.2, 0) is 0 Å². The molecule has 0 aromatic rings. The van der Waals surface area contributed by atoms with Gasteiger partial charge in [-0.15, -0.1) is 0 Å². The number of halogens is 2. The third-order valence-corrected chi connectivity index (χ3v) is 0.915. The van der Waals surface area contributed by atoms with E-state index in [-0.39, 0.29) is 11.4 Å². The smallest absolute Gasteiger partial charge is 0.0894 e. The summed E-state index contributed by atoms with van der Waals surface area (Å²) in [6.07, 6.45) is 1.76. The Morgan fingerprint density at radius 2 is 1.60 bits per heavy atom. The van der Waals surface area contributed by atoms with Crippen molar-refractivity contribution in [2.45, 2.75) is 40.5 Å². The first-order valence-corrected chi connectivity index (χ1v) is 3.83. The minimum atomic E-state index is -0.155. The summed E-state index contributed by atoms with van der Waals surface area (Å²) < 4.78 is 11.4. The van der Waals surface area contributed by atoms with Gasteiger partial charge in [0.05, 0.1) is 6.67 Å². The van der Waals surface area contributed by atoms with Crippen molar-refractivity contribution in [1.82, 2.24) is 0 Å². The predicted molar refractivity (Wildman–Crippen MR) is 43.9 cm³/mol. The predicted octanol–water partition coefficient (Wildman–Crippen LogP) is 3.57. The van der Waals surface area contributed by atoms with Crippen molar-refractivity contribution in [3.63, 3.8) is 0 Å². The second-order valence-corrected chi connectivity index (χ2v) is 2.23. The maximum Gasteiger partial charge on any atom is 0.0894 e. The highest BCUT2D eigenvalue weighted by atomic mass is 19.1. The van der Waals surface area contributed by atoms with Crippen LogP contribution in [0.5, 0.6) is 0 Å². The molecule has 0 N–H and O–H groups in total. The lowest BCUT2D eigenvalue weighted by Gasteiger charge is -1.97. The van der Waals surface area contributed by atoms with E-state index in [0.29, 0.717) is 5.92 Å². The summed E-state index contributed by atoms with van der Waals surface area (Å²) in [6.45, 7) is 8.06. The lowest BCUT2D eigenvalue weighted by Crippen LogP contribution is -1.86. The van der Waals surface area contributed by atoms with E-state index in [2.05, 4.69) is 13.8 Å². The maximum atomic E-state index is 11.4. The molecule has 66 valence electrons. The summed E-state index contributed by atoms with van der Waals surface area (Å²) in [4.78, 5) is 0. The normalized spacial score (nSPS) is 7.80. The lowest BCUT2D eigenvalue weighted by molar-refractivity contribution is 0.430. The molecule has 0 rings (SSSR count). The highest BCUT2D eigenvalue weighted by Crippen LogP contribution is 2.02. The molecule has 0 radical (unpaired) electrons. The van der Waals surface area contributed by atoms with Crippen molar-refractivity contribution in [2.75, 3.05) is 6.67 Å². The zero-order valence-corrected chi connectivity index (χ0v) is 7.48. The Labute approximate surface area is 63.2 Å². The van der Waals surface area contributed by atoms with Gasteiger partial charge in [0.15, 0.2) is 0 Å². The fraction of sp³-hybridized carbons (Fsp3) is 1.00. The molecule has 0 atom stereocenters. The molecule has 2 heteroatoms. The summed E-state index contributed by atoms with van der Waals surface area (Å²) in [5.74, 6) is 0.663. The van der Waals surface area contributed by atoms with E-state index in [0.717, 1.165) is 12.8 Å². The first kappa shape index (κ1) is 16.4. The van der Waals surface area contributed by atoms with E-state index < -0.39 is 0 Å². The quantitative estimate of drug-likeness (QED) is 0.583. The molecule has 0 aliphatic carbocycles. The van der Waals surface area contributed by atoms with Crippen LogP contribution in [0.3, 0.4) is 0 Å². The van der Waals surface area contributed by atoms with E-state index in [9.17, 15) is 4.39 Å². The summed E-state index contributed by atoms with van der Waals surface area (Å²) in [7, 11) is 0. The zero-order valence-electron chi connectivity index (χ0n) is 7.48. The van der Waals surface area contributed by atoms with E-state index in [1.807, 2.05) is 13.8 Å². The van der Waals surface area contributed by atoms with E-state index in [1.165, 1.54) is 0 Å². The maximum absolute atomic E-state index is 11.4. The molecule has 10 heavy (non-hydrogen) atoms. The molecular formula is C8H20F2. The molecule has 0 aliphatic heterocycles. The van der Waals surface area contributed by atoms with Gasteiger partial charge in [0, 0.05) is 0 Å². The number of hydrogen-bond donors (Lipinski definition) is 0. The van der Waals surface area contributed by atoms with Crippen LogP contribution in [-0.4, -0.2) is 6.67 Å². The van der Waals surface area contributed by atoms with Gasteiger partial charge in [0.2, 0.25) is 0 Å². The Hall–Kier alpha value is -0.140. The average molecular weight is 154 g/mol. The van der Waals surface area contributed by atoms with Crippen LogP contribution < -0.4 is 0 Å². The van der Waals surface area contributed by atoms with Crippen molar-refractivity contribution in [3.05, 3.63) is 0 Å². The first-order chi connectivity index (χ1) is 4.27. The summed E-state index contributed by atoms with van der Waals surface area (Å²) >= 11 is 0. The van der Waals surface area contributed by atoms with Crippen LogP contribution in [0, 0.1) is 5.92 Å². The fourth-order valence-corrected chi connectivity index (χ4v) is 0.485. The van der Waals surface area contributed by atoms with Gasteiger partial charge in [-0.2, -0.15) is 0 Å². The van der Waals surface area contributed by atoms with Crippen molar-refractivity contribution in [1.29, 1.82) is 0 Å². The Kier molecular flexibility index (Phi) is 26.2. The van der Waals surface area contributed by atoms with Gasteiger partial charge in [0.25, 0.3) is 0 Å². The molecule has 0 saturated heterocycles. The zero-order chi connectivity index (χ0) is 7.70. The minimum Gasteiger partial charge on any atom is -0.269 e. The highest BCUT2D eigenvalue weighted by Gasteiger charge is 1.90. The Morgan fingerprint density at radius 3 is 1.70 bits per heavy atom. The molecule has 0 spiro atoms. The van der Waals surface area contributed by atoms with Crippen LogP contribution >= 0.6 is 0 Å². The van der Waals surface area contributed by atoms with E-state index >= 15 is 0 Å². The number of alkyl halides is 1. The highest BCUT2D eigenvalue weighted by molar-refractivity contribution is 4.42. The summed E-state index contributed by atoms with van der Waals surface area (Å²) in [5.41, 5.74) is 0. The van der Waals surface area contributed by atoms with Gasteiger partial charge in [-0.05, 0) is 18.8 Å². The van der Waals surface area contributed by atoms with Crippen molar-refractivity contribution < 1.29 is 9.09 Å². The molecule has 0 saturated carbocycles.